The molecule has 0 aromatic carbocycles. The van der Waals surface area contributed by atoms with Crippen LogP contribution in [0, 0.1) is 0 Å². The van der Waals surface area contributed by atoms with Crippen LogP contribution < -0.4 is 4.89 Å². The molecule has 2 fully saturated rings. The maximum atomic E-state index is 12.6. The maximum absolute atomic E-state index is 12.6. The number of hydrogen-bond donors (Lipinski definition) is 0. The Kier molecular flexibility index (Phi) is 9.21. The normalized spacial score (nSPS) is 38.6. The van der Waals surface area contributed by atoms with Gasteiger partial charge in [-0.15, -0.1) is 0 Å². The first-order chi connectivity index (χ1) is 12.5. The monoisotopic (exact) mass is 464 g/mol. The van der Waals surface area contributed by atoms with E-state index in [1.165, 1.54) is 7.11 Å². The lowest BCUT2D eigenvalue weighted by Gasteiger charge is -2.34. The highest BCUT2D eigenvalue weighted by Gasteiger charge is 2.38. The molecule has 2 unspecified atom stereocenters. The maximum Gasteiger partial charge on any atom is 0.199 e. The van der Waals surface area contributed by atoms with Crippen LogP contribution in [0.4, 0.5) is 0 Å². The van der Waals surface area contributed by atoms with E-state index in [1.54, 1.807) is 7.11 Å². The van der Waals surface area contributed by atoms with Crippen molar-refractivity contribution in [2.45, 2.75) is 63.3 Å². The molecule has 0 radical (unpaired) electrons. The van der Waals surface area contributed by atoms with Gasteiger partial charge < -0.3 is 49.4 Å². The minimum Gasteiger partial charge on any atom is -0.780 e. The Balaban J connectivity index is 1.91. The summed E-state index contributed by atoms with van der Waals surface area (Å²) in [5.41, 5.74) is 0. The summed E-state index contributed by atoms with van der Waals surface area (Å²) in [4.78, 5) is 12.6. The summed E-state index contributed by atoms with van der Waals surface area (Å²) in [6.07, 6.45) is -1.35. The third-order valence-electron chi connectivity index (χ3n) is 4.25. The molecule has 2 aliphatic heterocycles. The minimum absolute atomic E-state index is 0.0582. The molecule has 160 valence electrons. The molecule has 13 heteroatoms. The van der Waals surface area contributed by atoms with Crippen molar-refractivity contribution in [1.29, 1.82) is 0 Å². The minimum atomic E-state index is -3.80. The molecule has 0 spiro atoms. The Morgan fingerprint density at radius 1 is 1.07 bits per heavy atom. The number of rotatable bonds is 10. The zero-order valence-electron chi connectivity index (χ0n) is 15.7. The molecule has 27 heavy (non-hydrogen) atoms. The summed E-state index contributed by atoms with van der Waals surface area (Å²) in [5, 5.41) is 0. The van der Waals surface area contributed by atoms with Gasteiger partial charge in [0.2, 0.25) is 0 Å². The van der Waals surface area contributed by atoms with E-state index in [4.69, 9.17) is 51.8 Å². The molecule has 0 N–H and O–H groups in total. The highest BCUT2D eigenvalue weighted by atomic mass is 32.7. The lowest BCUT2D eigenvalue weighted by molar-refractivity contribution is -0.215. The van der Waals surface area contributed by atoms with Gasteiger partial charge in [-0.3, -0.25) is 4.57 Å². The summed E-state index contributed by atoms with van der Waals surface area (Å²) >= 11 is 9.77. The average molecular weight is 464 g/mol. The van der Waals surface area contributed by atoms with Crippen molar-refractivity contribution in [3.05, 3.63) is 0 Å². The van der Waals surface area contributed by atoms with Crippen molar-refractivity contribution in [1.82, 2.24) is 0 Å². The highest BCUT2D eigenvalue weighted by Crippen LogP contribution is 2.49. The Bertz CT molecular complexity index is 581. The van der Waals surface area contributed by atoms with Crippen LogP contribution in [0.1, 0.15) is 26.7 Å². The van der Waals surface area contributed by atoms with Crippen LogP contribution in [0.3, 0.4) is 0 Å². The van der Waals surface area contributed by atoms with Crippen LogP contribution in [0.2, 0.25) is 0 Å². The fourth-order valence-electron chi connectivity index (χ4n) is 3.09. The number of hydrogen-bond acceptors (Lipinski definition) is 11. The molecule has 0 aliphatic carbocycles. The molecule has 0 bridgehead atoms. The zero-order chi connectivity index (χ0) is 20.2. The smallest absolute Gasteiger partial charge is 0.199 e. The molecule has 0 aromatic heterocycles. The van der Waals surface area contributed by atoms with Crippen LogP contribution in [-0.4, -0.2) is 64.1 Å². The van der Waals surface area contributed by atoms with E-state index >= 15 is 0 Å². The first-order valence-electron chi connectivity index (χ1n) is 8.54. The SMILES string of the molecule is COC[C@H]1O[C@@H](C)C[C@H]1OP([O-])(=S)OC[C@H]1O[C@@H](C)C[C@H]1OP(=O)([S-])OC. The van der Waals surface area contributed by atoms with Gasteiger partial charge in [-0.05, 0) is 13.8 Å². The van der Waals surface area contributed by atoms with Crippen LogP contribution in [0.25, 0.3) is 0 Å². The quantitative estimate of drug-likeness (QED) is 0.348. The van der Waals surface area contributed by atoms with Crippen molar-refractivity contribution < 1.29 is 41.8 Å². The van der Waals surface area contributed by atoms with Crippen molar-refractivity contribution in [2.24, 2.45) is 0 Å². The molecule has 0 aromatic rings. The van der Waals surface area contributed by atoms with Gasteiger partial charge in [0.1, 0.15) is 18.9 Å². The third kappa shape index (κ3) is 7.59. The summed E-state index contributed by atoms with van der Waals surface area (Å²) in [6.45, 7) is -3.54. The van der Waals surface area contributed by atoms with Crippen molar-refractivity contribution in [2.75, 3.05) is 27.4 Å². The second-order valence-corrected chi connectivity index (χ2v) is 12.1. The van der Waals surface area contributed by atoms with Gasteiger partial charge >= 0.3 is 0 Å². The molecule has 9 nitrogen and oxygen atoms in total. The molecule has 2 saturated heterocycles. The molecule has 0 saturated carbocycles. The van der Waals surface area contributed by atoms with E-state index in [1.807, 2.05) is 13.8 Å². The summed E-state index contributed by atoms with van der Waals surface area (Å²) < 4.78 is 49.2. The Morgan fingerprint density at radius 3 is 2.11 bits per heavy atom. The topological polar surface area (TPSA) is 105 Å². The van der Waals surface area contributed by atoms with Crippen molar-refractivity contribution in [3.8, 4) is 0 Å². The molecular weight excluding hydrogens is 438 g/mol. The lowest BCUT2D eigenvalue weighted by atomic mass is 10.1. The lowest BCUT2D eigenvalue weighted by Crippen LogP contribution is -2.32. The van der Waals surface area contributed by atoms with E-state index in [-0.39, 0.29) is 24.9 Å². The van der Waals surface area contributed by atoms with Gasteiger partial charge in [-0.2, -0.15) is 0 Å². The van der Waals surface area contributed by atoms with Gasteiger partial charge in [-0.1, -0.05) is 11.8 Å². The fraction of sp³-hybridized carbons (Fsp3) is 1.00. The molecule has 2 aliphatic rings. The predicted octanol–water partition coefficient (Wildman–Crippen LogP) is 1.66. The zero-order valence-corrected chi connectivity index (χ0v) is 19.1. The van der Waals surface area contributed by atoms with E-state index in [0.717, 1.165) is 0 Å². The van der Waals surface area contributed by atoms with Crippen LogP contribution in [-0.2, 0) is 60.9 Å². The largest absolute Gasteiger partial charge is 0.780 e. The van der Waals surface area contributed by atoms with Crippen LogP contribution in [0.15, 0.2) is 0 Å². The van der Waals surface area contributed by atoms with E-state index in [0.29, 0.717) is 19.4 Å². The van der Waals surface area contributed by atoms with Gasteiger partial charge in [-0.25, -0.2) is 0 Å². The molecular formula is C14H26O9P2S2-2. The molecule has 0 amide bonds. The fourth-order valence-corrected chi connectivity index (χ4v) is 5.52. The second kappa shape index (κ2) is 10.3. The average Bonchev–Trinajstić information content (AvgIpc) is 3.07. The van der Waals surface area contributed by atoms with Crippen LogP contribution in [0.5, 0.6) is 0 Å². The van der Waals surface area contributed by atoms with E-state index < -0.39 is 31.8 Å². The first-order valence-corrected chi connectivity index (χ1v) is 13.7. The molecule has 8 atom stereocenters. The predicted molar refractivity (Wildman–Crippen MR) is 102 cm³/mol. The Labute approximate surface area is 170 Å². The summed E-state index contributed by atoms with van der Waals surface area (Å²) in [5.74, 6) is 0. The Morgan fingerprint density at radius 2 is 1.59 bits per heavy atom. The third-order valence-corrected chi connectivity index (χ3v) is 7.50. The Hall–Kier alpha value is 0.910. The summed E-state index contributed by atoms with van der Waals surface area (Å²) in [6, 6.07) is 0. The summed E-state index contributed by atoms with van der Waals surface area (Å²) in [7, 11) is 2.76. The van der Waals surface area contributed by atoms with E-state index in [2.05, 4.69) is 4.52 Å². The first kappa shape index (κ1) is 24.2. The van der Waals surface area contributed by atoms with Crippen molar-refractivity contribution in [3.63, 3.8) is 0 Å². The van der Waals surface area contributed by atoms with Crippen molar-refractivity contribution >= 4 is 37.6 Å². The highest BCUT2D eigenvalue weighted by molar-refractivity contribution is 8.32. The second-order valence-electron chi connectivity index (χ2n) is 6.56. The number of methoxy groups -OCH3 is 1. The van der Waals surface area contributed by atoms with Gasteiger partial charge in [0.25, 0.3) is 0 Å². The molecule has 2 heterocycles. The van der Waals surface area contributed by atoms with E-state index in [9.17, 15) is 9.46 Å². The van der Waals surface area contributed by atoms with Gasteiger partial charge in [0.05, 0.1) is 37.6 Å². The number of ether oxygens (including phenoxy) is 3. The van der Waals surface area contributed by atoms with Gasteiger partial charge in [0.15, 0.2) is 6.80 Å². The molecule has 2 rings (SSSR count). The standard InChI is InChI=1S/C14H28O9P2S2/c1-9-5-11(13(20-9)7-17-3)23-25(16,27)19-8-14-12(6-10(2)21-14)22-24(15,26)18-4/h9-14H,5-8H2,1-4H3,(H,15,26)(H,16,27)/p-2/t9-,10-,11+,12+,13+,14+,24?,25?/m0/s1. The van der Waals surface area contributed by atoms with Gasteiger partial charge in [0, 0.05) is 27.1 Å². The van der Waals surface area contributed by atoms with Crippen LogP contribution >= 0.6 is 13.5 Å².